The third-order valence-corrected chi connectivity index (χ3v) is 4.97. The smallest absolute Gasteiger partial charge is 0.196 e. The van der Waals surface area contributed by atoms with Crippen LogP contribution in [0.4, 0.5) is 0 Å². The van der Waals surface area contributed by atoms with Gasteiger partial charge in [0.05, 0.1) is 11.7 Å². The van der Waals surface area contributed by atoms with Gasteiger partial charge in [-0.05, 0) is 42.0 Å². The van der Waals surface area contributed by atoms with E-state index in [4.69, 9.17) is 16.3 Å². The molecule has 0 fully saturated rings. The summed E-state index contributed by atoms with van der Waals surface area (Å²) in [5.41, 5.74) is 7.82. The Hall–Kier alpha value is -2.82. The number of nitrogens with zero attached hydrogens (tertiary/aromatic N) is 2. The average molecular weight is 362 g/mol. The van der Waals surface area contributed by atoms with Crippen molar-refractivity contribution in [2.75, 3.05) is 0 Å². The predicted octanol–water partition coefficient (Wildman–Crippen LogP) is 4.73. The second kappa shape index (κ2) is 6.16. The Morgan fingerprint density at radius 3 is 2.62 bits per heavy atom. The van der Waals surface area contributed by atoms with Gasteiger partial charge < -0.3 is 10.2 Å². The third-order valence-electron chi connectivity index (χ3n) is 4.73. The second-order valence-electron chi connectivity index (χ2n) is 6.34. The van der Waals surface area contributed by atoms with E-state index >= 15 is 0 Å². The molecule has 0 amide bonds. The van der Waals surface area contributed by atoms with Crippen LogP contribution in [-0.2, 0) is 0 Å². The summed E-state index contributed by atoms with van der Waals surface area (Å²) < 4.78 is 6.31. The van der Waals surface area contributed by atoms with Gasteiger partial charge in [0.1, 0.15) is 5.75 Å². The van der Waals surface area contributed by atoms with E-state index in [1.54, 1.807) is 12.4 Å². The van der Waals surface area contributed by atoms with Crippen LogP contribution < -0.4 is 10.2 Å². The van der Waals surface area contributed by atoms with Crippen molar-refractivity contribution < 1.29 is 4.74 Å². The monoisotopic (exact) mass is 361 g/mol. The van der Waals surface area contributed by atoms with Gasteiger partial charge in [0.2, 0.25) is 0 Å². The van der Waals surface area contributed by atoms with Crippen LogP contribution in [0.5, 0.6) is 5.75 Å². The Morgan fingerprint density at radius 1 is 1.00 bits per heavy atom. The molecule has 3 heterocycles. The Labute approximate surface area is 156 Å². The SMILES string of the molecule is Clc1ccc2c(c1)C1C=C(c3ccccc3)NN1C(c1ccncc1)O2. The fourth-order valence-corrected chi connectivity index (χ4v) is 3.68. The van der Waals surface area contributed by atoms with Gasteiger partial charge in [0, 0.05) is 28.5 Å². The van der Waals surface area contributed by atoms with Gasteiger partial charge in [-0.2, -0.15) is 5.01 Å². The van der Waals surface area contributed by atoms with E-state index in [1.807, 2.05) is 48.5 Å². The quantitative estimate of drug-likeness (QED) is 0.716. The van der Waals surface area contributed by atoms with Crippen molar-refractivity contribution in [3.63, 3.8) is 0 Å². The molecule has 0 spiro atoms. The molecule has 5 rings (SSSR count). The van der Waals surface area contributed by atoms with Crippen LogP contribution in [-0.4, -0.2) is 9.99 Å². The number of hydrogen-bond acceptors (Lipinski definition) is 4. The zero-order valence-electron chi connectivity index (χ0n) is 13.8. The Kier molecular flexibility index (Phi) is 3.66. The molecule has 0 saturated heterocycles. The van der Waals surface area contributed by atoms with Crippen LogP contribution in [0.2, 0.25) is 5.02 Å². The third kappa shape index (κ3) is 2.55. The van der Waals surface area contributed by atoms with Crippen molar-refractivity contribution in [1.82, 2.24) is 15.4 Å². The number of benzene rings is 2. The molecule has 0 bridgehead atoms. The zero-order chi connectivity index (χ0) is 17.5. The Bertz CT molecular complexity index is 975. The molecule has 26 heavy (non-hydrogen) atoms. The molecule has 2 aliphatic rings. The standard InChI is InChI=1S/C21H16ClN3O/c22-16-6-7-20-17(12-16)19-13-18(14-4-2-1-3-5-14)24-25(19)21(26-20)15-8-10-23-11-9-15/h1-13,19,21,24H. The summed E-state index contributed by atoms with van der Waals surface area (Å²) >= 11 is 6.25. The first-order valence-electron chi connectivity index (χ1n) is 8.48. The molecule has 2 aliphatic heterocycles. The molecule has 2 atom stereocenters. The normalized spacial score (nSPS) is 21.2. The first-order valence-corrected chi connectivity index (χ1v) is 8.86. The highest BCUT2D eigenvalue weighted by molar-refractivity contribution is 6.30. The van der Waals surface area contributed by atoms with Gasteiger partial charge >= 0.3 is 0 Å². The number of aromatic nitrogens is 1. The zero-order valence-corrected chi connectivity index (χ0v) is 14.6. The summed E-state index contributed by atoms with van der Waals surface area (Å²) in [6, 6.07) is 20.1. The summed E-state index contributed by atoms with van der Waals surface area (Å²) in [6.45, 7) is 0. The molecular formula is C21H16ClN3O. The molecule has 4 nitrogen and oxygen atoms in total. The fraction of sp³-hybridized carbons (Fsp3) is 0.0952. The number of halogens is 1. The van der Waals surface area contributed by atoms with Gasteiger partial charge in [-0.15, -0.1) is 0 Å². The molecule has 5 heteroatoms. The highest BCUT2D eigenvalue weighted by Gasteiger charge is 2.40. The molecular weight excluding hydrogens is 346 g/mol. The number of nitrogens with one attached hydrogen (secondary N) is 1. The van der Waals surface area contributed by atoms with Crippen molar-refractivity contribution in [3.05, 3.63) is 101 Å². The minimum absolute atomic E-state index is 0.0332. The molecule has 3 aromatic rings. The van der Waals surface area contributed by atoms with Gasteiger partial charge in [0.15, 0.2) is 6.23 Å². The van der Waals surface area contributed by atoms with E-state index in [9.17, 15) is 0 Å². The maximum Gasteiger partial charge on any atom is 0.196 e. The lowest BCUT2D eigenvalue weighted by atomic mass is 10.0. The maximum atomic E-state index is 6.31. The number of fused-ring (bicyclic) bond motifs is 3. The van der Waals surface area contributed by atoms with Crippen LogP contribution >= 0.6 is 11.6 Å². The van der Waals surface area contributed by atoms with Crippen molar-refractivity contribution in [1.29, 1.82) is 0 Å². The Morgan fingerprint density at radius 2 is 1.81 bits per heavy atom. The summed E-state index contributed by atoms with van der Waals surface area (Å²) in [5.74, 6) is 0.852. The van der Waals surface area contributed by atoms with Crippen LogP contribution in [0.25, 0.3) is 5.70 Å². The van der Waals surface area contributed by atoms with Gasteiger partial charge in [-0.3, -0.25) is 4.98 Å². The molecule has 0 saturated carbocycles. The number of pyridine rings is 1. The summed E-state index contributed by atoms with van der Waals surface area (Å²) in [6.07, 6.45) is 5.54. The largest absolute Gasteiger partial charge is 0.469 e. The Balaban J connectivity index is 1.61. The molecule has 2 aromatic carbocycles. The highest BCUT2D eigenvalue weighted by Crippen LogP contribution is 2.46. The van der Waals surface area contributed by atoms with Crippen molar-refractivity contribution in [2.24, 2.45) is 0 Å². The number of hydrogen-bond donors (Lipinski definition) is 1. The van der Waals surface area contributed by atoms with E-state index in [2.05, 4.69) is 33.6 Å². The van der Waals surface area contributed by atoms with E-state index in [1.165, 1.54) is 0 Å². The van der Waals surface area contributed by atoms with Crippen LogP contribution in [0, 0.1) is 0 Å². The minimum Gasteiger partial charge on any atom is -0.469 e. The molecule has 0 radical (unpaired) electrons. The van der Waals surface area contributed by atoms with Crippen LogP contribution in [0.15, 0.2) is 79.1 Å². The van der Waals surface area contributed by atoms with E-state index in [0.717, 1.165) is 28.1 Å². The highest BCUT2D eigenvalue weighted by atomic mass is 35.5. The molecule has 128 valence electrons. The summed E-state index contributed by atoms with van der Waals surface area (Å²) in [7, 11) is 0. The van der Waals surface area contributed by atoms with Crippen molar-refractivity contribution in [2.45, 2.75) is 12.3 Å². The summed E-state index contributed by atoms with van der Waals surface area (Å²) in [4.78, 5) is 4.12. The number of ether oxygens (including phenoxy) is 1. The van der Waals surface area contributed by atoms with E-state index in [-0.39, 0.29) is 12.3 Å². The fourth-order valence-electron chi connectivity index (χ4n) is 3.50. The summed E-state index contributed by atoms with van der Waals surface area (Å²) in [5, 5.41) is 2.83. The number of hydrazine groups is 1. The van der Waals surface area contributed by atoms with Gasteiger partial charge in [-0.25, -0.2) is 0 Å². The molecule has 1 N–H and O–H groups in total. The predicted molar refractivity (Wildman–Crippen MR) is 101 cm³/mol. The lowest BCUT2D eigenvalue weighted by Crippen LogP contribution is -2.43. The topological polar surface area (TPSA) is 37.4 Å². The lowest BCUT2D eigenvalue weighted by molar-refractivity contribution is -0.0326. The average Bonchev–Trinajstić information content (AvgIpc) is 3.15. The molecule has 1 aromatic heterocycles. The van der Waals surface area contributed by atoms with Crippen molar-refractivity contribution >= 4 is 17.3 Å². The van der Waals surface area contributed by atoms with Crippen LogP contribution in [0.3, 0.4) is 0 Å². The lowest BCUT2D eigenvalue weighted by Gasteiger charge is -2.39. The second-order valence-corrected chi connectivity index (χ2v) is 6.78. The van der Waals surface area contributed by atoms with Crippen LogP contribution in [0.1, 0.15) is 29.0 Å². The van der Waals surface area contributed by atoms with E-state index < -0.39 is 0 Å². The van der Waals surface area contributed by atoms with E-state index in [0.29, 0.717) is 5.02 Å². The van der Waals surface area contributed by atoms with Gasteiger partial charge in [-0.1, -0.05) is 41.9 Å². The van der Waals surface area contributed by atoms with Crippen molar-refractivity contribution in [3.8, 4) is 5.75 Å². The molecule has 0 aliphatic carbocycles. The number of rotatable bonds is 2. The first-order chi connectivity index (χ1) is 12.8. The maximum absolute atomic E-state index is 6.31. The minimum atomic E-state index is -0.255. The van der Waals surface area contributed by atoms with Gasteiger partial charge in [0.25, 0.3) is 0 Å². The first kappa shape index (κ1) is 15.4. The molecule has 2 unspecified atom stereocenters.